The quantitative estimate of drug-likeness (QED) is 0.847. The number of benzene rings is 1. The van der Waals surface area contributed by atoms with Crippen LogP contribution in [0.15, 0.2) is 30.3 Å². The fraction of sp³-hybridized carbons (Fsp3) is 0.375. The summed E-state index contributed by atoms with van der Waals surface area (Å²) in [4.78, 5) is 8.84. The maximum Gasteiger partial charge on any atom is 0.225 e. The fourth-order valence-electron chi connectivity index (χ4n) is 1.90. The highest BCUT2D eigenvalue weighted by Crippen LogP contribution is 2.20. The van der Waals surface area contributed by atoms with E-state index >= 15 is 0 Å². The van der Waals surface area contributed by atoms with Crippen molar-refractivity contribution in [2.75, 3.05) is 17.2 Å². The van der Waals surface area contributed by atoms with Gasteiger partial charge < -0.3 is 15.4 Å². The molecule has 21 heavy (non-hydrogen) atoms. The minimum atomic E-state index is 0.296. The molecule has 0 fully saturated rings. The van der Waals surface area contributed by atoms with Crippen molar-refractivity contribution >= 4 is 17.5 Å². The molecule has 0 saturated carbocycles. The first kappa shape index (κ1) is 15.1. The molecule has 5 nitrogen and oxygen atoms in total. The molecule has 0 aliphatic carbocycles. The normalized spacial score (nSPS) is 10.5. The summed E-state index contributed by atoms with van der Waals surface area (Å²) in [7, 11) is 0. The van der Waals surface area contributed by atoms with Gasteiger partial charge in [-0.15, -0.1) is 0 Å². The van der Waals surface area contributed by atoms with Gasteiger partial charge in [-0.2, -0.15) is 4.98 Å². The van der Waals surface area contributed by atoms with E-state index in [9.17, 15) is 0 Å². The lowest BCUT2D eigenvalue weighted by Crippen LogP contribution is -2.13. The lowest BCUT2D eigenvalue weighted by atomic mass is 10.3. The van der Waals surface area contributed by atoms with Crippen LogP contribution < -0.4 is 15.4 Å². The van der Waals surface area contributed by atoms with E-state index in [0.717, 1.165) is 22.9 Å². The van der Waals surface area contributed by atoms with Gasteiger partial charge in [0.1, 0.15) is 11.6 Å². The number of hydrogen-bond acceptors (Lipinski definition) is 5. The molecular weight excluding hydrogens is 264 g/mol. The van der Waals surface area contributed by atoms with Crippen molar-refractivity contribution in [2.45, 2.75) is 33.7 Å². The number of nitrogens with one attached hydrogen (secondary N) is 2. The van der Waals surface area contributed by atoms with Crippen molar-refractivity contribution in [1.29, 1.82) is 0 Å². The SMILES string of the molecule is CCOc1ccc(Nc2cc(C)nc(NC(C)C)n2)cc1. The van der Waals surface area contributed by atoms with E-state index in [-0.39, 0.29) is 0 Å². The maximum atomic E-state index is 5.43. The lowest BCUT2D eigenvalue weighted by Gasteiger charge is -2.12. The summed E-state index contributed by atoms with van der Waals surface area (Å²) in [5.41, 5.74) is 1.88. The van der Waals surface area contributed by atoms with Crippen LogP contribution in [0.1, 0.15) is 26.5 Å². The molecule has 1 aromatic carbocycles. The molecule has 0 atom stereocenters. The molecule has 5 heteroatoms. The van der Waals surface area contributed by atoms with Crippen LogP contribution in [0.5, 0.6) is 5.75 Å². The van der Waals surface area contributed by atoms with Crippen LogP contribution in [0, 0.1) is 6.92 Å². The molecule has 2 rings (SSSR count). The Balaban J connectivity index is 2.12. The smallest absolute Gasteiger partial charge is 0.225 e. The second-order valence-corrected chi connectivity index (χ2v) is 5.10. The number of ether oxygens (including phenoxy) is 1. The van der Waals surface area contributed by atoms with Crippen LogP contribution in [-0.2, 0) is 0 Å². The molecule has 0 radical (unpaired) electrons. The summed E-state index contributed by atoms with van der Waals surface area (Å²) >= 11 is 0. The Kier molecular flexibility index (Phi) is 4.98. The molecule has 0 spiro atoms. The van der Waals surface area contributed by atoms with Crippen LogP contribution in [0.2, 0.25) is 0 Å². The summed E-state index contributed by atoms with van der Waals surface area (Å²) in [5.74, 6) is 2.28. The zero-order valence-corrected chi connectivity index (χ0v) is 13.0. The Labute approximate surface area is 125 Å². The Bertz CT molecular complexity index is 581. The monoisotopic (exact) mass is 286 g/mol. The Morgan fingerprint density at radius 2 is 1.86 bits per heavy atom. The van der Waals surface area contributed by atoms with E-state index in [4.69, 9.17) is 4.74 Å². The van der Waals surface area contributed by atoms with E-state index in [1.807, 2.05) is 44.2 Å². The largest absolute Gasteiger partial charge is 0.494 e. The minimum absolute atomic E-state index is 0.296. The fourth-order valence-corrected chi connectivity index (χ4v) is 1.90. The summed E-state index contributed by atoms with van der Waals surface area (Å²) in [5, 5.41) is 6.50. The number of nitrogens with zero attached hydrogens (tertiary/aromatic N) is 2. The van der Waals surface area contributed by atoms with Gasteiger partial charge >= 0.3 is 0 Å². The molecule has 2 aromatic rings. The molecule has 0 amide bonds. The number of anilines is 3. The first-order valence-electron chi connectivity index (χ1n) is 7.19. The van der Waals surface area contributed by atoms with Crippen LogP contribution >= 0.6 is 0 Å². The summed E-state index contributed by atoms with van der Waals surface area (Å²) in [6.07, 6.45) is 0. The van der Waals surface area contributed by atoms with Crippen molar-refractivity contribution in [3.63, 3.8) is 0 Å². The van der Waals surface area contributed by atoms with E-state index in [1.54, 1.807) is 0 Å². The van der Waals surface area contributed by atoms with Gasteiger partial charge in [-0.1, -0.05) is 0 Å². The molecule has 2 N–H and O–H groups in total. The third-order valence-electron chi connectivity index (χ3n) is 2.71. The molecule has 112 valence electrons. The molecule has 0 bridgehead atoms. The Morgan fingerprint density at radius 3 is 2.48 bits per heavy atom. The highest BCUT2D eigenvalue weighted by atomic mass is 16.5. The highest BCUT2D eigenvalue weighted by molar-refractivity contribution is 5.58. The molecule has 0 saturated heterocycles. The van der Waals surface area contributed by atoms with Gasteiger partial charge in [-0.25, -0.2) is 4.98 Å². The molecule has 0 aliphatic heterocycles. The second kappa shape index (κ2) is 6.92. The summed E-state index contributed by atoms with van der Waals surface area (Å²) in [6, 6.07) is 10.0. The molecule has 0 unspecified atom stereocenters. The van der Waals surface area contributed by atoms with Crippen LogP contribution in [0.3, 0.4) is 0 Å². The van der Waals surface area contributed by atoms with Crippen molar-refractivity contribution in [2.24, 2.45) is 0 Å². The Hall–Kier alpha value is -2.30. The van der Waals surface area contributed by atoms with Gasteiger partial charge in [0.25, 0.3) is 0 Å². The van der Waals surface area contributed by atoms with Crippen LogP contribution in [0.4, 0.5) is 17.5 Å². The molecule has 1 aromatic heterocycles. The van der Waals surface area contributed by atoms with E-state index in [0.29, 0.717) is 18.6 Å². The van der Waals surface area contributed by atoms with Crippen molar-refractivity contribution < 1.29 is 4.74 Å². The van der Waals surface area contributed by atoms with Crippen molar-refractivity contribution in [3.05, 3.63) is 36.0 Å². The molecule has 0 aliphatic rings. The van der Waals surface area contributed by atoms with Gasteiger partial charge in [0.05, 0.1) is 6.61 Å². The predicted molar refractivity (Wildman–Crippen MR) is 86.4 cm³/mol. The first-order chi connectivity index (χ1) is 10.1. The highest BCUT2D eigenvalue weighted by Gasteiger charge is 2.04. The third-order valence-corrected chi connectivity index (χ3v) is 2.71. The van der Waals surface area contributed by atoms with Gasteiger partial charge in [-0.3, -0.25) is 0 Å². The van der Waals surface area contributed by atoms with Crippen molar-refractivity contribution in [3.8, 4) is 5.75 Å². The first-order valence-corrected chi connectivity index (χ1v) is 7.19. The number of rotatable bonds is 6. The number of aryl methyl sites for hydroxylation is 1. The van der Waals surface area contributed by atoms with Gasteiger partial charge in [-0.05, 0) is 52.0 Å². The van der Waals surface area contributed by atoms with Gasteiger partial charge in [0.15, 0.2) is 0 Å². The van der Waals surface area contributed by atoms with E-state index < -0.39 is 0 Å². The standard InChI is InChI=1S/C16H22N4O/c1-5-21-14-8-6-13(7-9-14)19-15-10-12(4)18-16(20-15)17-11(2)3/h6-11H,5H2,1-4H3,(H2,17,18,19,20). The molecule has 1 heterocycles. The zero-order chi connectivity index (χ0) is 15.2. The van der Waals surface area contributed by atoms with Gasteiger partial charge in [0.2, 0.25) is 5.95 Å². The van der Waals surface area contributed by atoms with E-state index in [1.165, 1.54) is 0 Å². The predicted octanol–water partition coefficient (Wildman–Crippen LogP) is 3.75. The van der Waals surface area contributed by atoms with Crippen LogP contribution in [-0.4, -0.2) is 22.6 Å². The minimum Gasteiger partial charge on any atom is -0.494 e. The maximum absolute atomic E-state index is 5.43. The van der Waals surface area contributed by atoms with Crippen LogP contribution in [0.25, 0.3) is 0 Å². The lowest BCUT2D eigenvalue weighted by molar-refractivity contribution is 0.340. The van der Waals surface area contributed by atoms with Crippen molar-refractivity contribution in [1.82, 2.24) is 9.97 Å². The average Bonchev–Trinajstić information content (AvgIpc) is 2.40. The second-order valence-electron chi connectivity index (χ2n) is 5.10. The van der Waals surface area contributed by atoms with E-state index in [2.05, 4.69) is 34.4 Å². The summed E-state index contributed by atoms with van der Waals surface area (Å²) in [6.45, 7) is 8.72. The summed E-state index contributed by atoms with van der Waals surface area (Å²) < 4.78 is 5.43. The third kappa shape index (κ3) is 4.63. The number of aromatic nitrogens is 2. The zero-order valence-electron chi connectivity index (χ0n) is 13.0. The Morgan fingerprint density at radius 1 is 1.14 bits per heavy atom. The topological polar surface area (TPSA) is 59.1 Å². The van der Waals surface area contributed by atoms with Gasteiger partial charge in [0, 0.05) is 23.5 Å². The average molecular weight is 286 g/mol. The molecular formula is C16H22N4O. The number of hydrogen-bond donors (Lipinski definition) is 2.